The van der Waals surface area contributed by atoms with E-state index in [1.165, 1.54) is 11.8 Å². The van der Waals surface area contributed by atoms with Crippen molar-refractivity contribution in [2.75, 3.05) is 11.1 Å². The van der Waals surface area contributed by atoms with Crippen molar-refractivity contribution in [2.24, 2.45) is 0 Å². The number of aryl methyl sites for hydroxylation is 2. The Balaban J connectivity index is 1.66. The number of aromatic nitrogens is 3. The third kappa shape index (κ3) is 6.03. The summed E-state index contributed by atoms with van der Waals surface area (Å²) < 4.78 is 7.89. The fraction of sp³-hybridized carbons (Fsp3) is 0.227. The number of amides is 1. The third-order valence-electron chi connectivity index (χ3n) is 4.39. The molecule has 0 saturated carbocycles. The normalized spacial score (nSPS) is 10.7. The van der Waals surface area contributed by atoms with Crippen molar-refractivity contribution in [3.63, 3.8) is 0 Å². The maximum absolute atomic E-state index is 12.4. The van der Waals surface area contributed by atoms with Crippen molar-refractivity contribution in [3.05, 3.63) is 76.0 Å². The quantitative estimate of drug-likeness (QED) is 0.316. The van der Waals surface area contributed by atoms with Crippen molar-refractivity contribution in [1.29, 1.82) is 0 Å². The number of halogens is 2. The van der Waals surface area contributed by atoms with E-state index in [1.54, 1.807) is 24.3 Å². The Bertz CT molecular complexity index is 1080. The molecule has 1 aromatic heterocycles. The zero-order valence-corrected chi connectivity index (χ0v) is 19.5. The molecule has 0 bridgehead atoms. The van der Waals surface area contributed by atoms with Gasteiger partial charge in [-0.25, -0.2) is 0 Å². The molecule has 162 valence electrons. The second-order valence-corrected chi connectivity index (χ2v) is 8.55. The van der Waals surface area contributed by atoms with E-state index < -0.39 is 0 Å². The highest BCUT2D eigenvalue weighted by Crippen LogP contribution is 2.27. The van der Waals surface area contributed by atoms with Crippen LogP contribution < -0.4 is 10.1 Å². The number of nitrogens with zero attached hydrogens (tertiary/aromatic N) is 3. The summed E-state index contributed by atoms with van der Waals surface area (Å²) in [5.74, 6) is 1.40. The molecule has 3 aromatic rings. The second kappa shape index (κ2) is 10.7. The first kappa shape index (κ1) is 23.2. The van der Waals surface area contributed by atoms with Crippen LogP contribution in [0.1, 0.15) is 17.0 Å². The molecular weight excluding hydrogens is 455 g/mol. The number of thioether (sulfide) groups is 1. The van der Waals surface area contributed by atoms with Gasteiger partial charge in [0.2, 0.25) is 5.91 Å². The molecule has 2 aromatic carbocycles. The highest BCUT2D eigenvalue weighted by Gasteiger charge is 2.15. The van der Waals surface area contributed by atoms with E-state index in [9.17, 15) is 4.79 Å². The number of carbonyl (C=O) groups excluding carboxylic acids is 1. The largest absolute Gasteiger partial charge is 0.485 e. The van der Waals surface area contributed by atoms with Gasteiger partial charge in [-0.15, -0.1) is 16.8 Å². The molecule has 0 unspecified atom stereocenters. The molecule has 0 fully saturated rings. The summed E-state index contributed by atoms with van der Waals surface area (Å²) in [6, 6.07) is 10.9. The van der Waals surface area contributed by atoms with Crippen molar-refractivity contribution >= 4 is 46.6 Å². The number of ether oxygens (including phenoxy) is 1. The van der Waals surface area contributed by atoms with Gasteiger partial charge in [-0.3, -0.25) is 9.36 Å². The lowest BCUT2D eigenvalue weighted by Gasteiger charge is -2.12. The van der Waals surface area contributed by atoms with E-state index in [0.29, 0.717) is 33.3 Å². The summed E-state index contributed by atoms with van der Waals surface area (Å²) in [5.41, 5.74) is 2.58. The minimum Gasteiger partial charge on any atom is -0.485 e. The summed E-state index contributed by atoms with van der Waals surface area (Å²) >= 11 is 13.3. The predicted octanol–water partition coefficient (Wildman–Crippen LogP) is 5.70. The van der Waals surface area contributed by atoms with Crippen LogP contribution in [0.2, 0.25) is 10.0 Å². The van der Waals surface area contributed by atoms with E-state index in [1.807, 2.05) is 36.6 Å². The van der Waals surface area contributed by atoms with Crippen molar-refractivity contribution in [1.82, 2.24) is 14.8 Å². The molecule has 1 N–H and O–H groups in total. The molecule has 0 aliphatic heterocycles. The van der Waals surface area contributed by atoms with Gasteiger partial charge >= 0.3 is 0 Å². The molecule has 0 saturated heterocycles. The molecule has 1 amide bonds. The molecule has 0 radical (unpaired) electrons. The number of hydrogen-bond donors (Lipinski definition) is 1. The maximum Gasteiger partial charge on any atom is 0.234 e. The van der Waals surface area contributed by atoms with E-state index in [2.05, 4.69) is 22.1 Å². The Labute approximate surface area is 195 Å². The predicted molar refractivity (Wildman–Crippen MR) is 126 cm³/mol. The standard InChI is InChI=1S/C22H22Cl2N4O2S/c1-4-10-28-19(12-30-21-14(2)6-5-7-15(21)3)26-27-22(28)31-13-20(29)25-18-11-16(23)8-9-17(18)24/h4-9,11H,1,10,12-13H2,2-3H3,(H,25,29). The lowest BCUT2D eigenvalue weighted by atomic mass is 10.1. The fourth-order valence-corrected chi connectivity index (χ4v) is 4.02. The number of rotatable bonds is 9. The van der Waals surface area contributed by atoms with E-state index in [-0.39, 0.29) is 18.3 Å². The molecular formula is C22H22Cl2N4O2S. The monoisotopic (exact) mass is 476 g/mol. The molecule has 3 rings (SSSR count). The van der Waals surface area contributed by atoms with Gasteiger partial charge in [-0.2, -0.15) is 0 Å². The Morgan fingerprint density at radius 2 is 1.97 bits per heavy atom. The fourth-order valence-electron chi connectivity index (χ4n) is 2.92. The van der Waals surface area contributed by atoms with Crippen molar-refractivity contribution in [2.45, 2.75) is 32.2 Å². The van der Waals surface area contributed by atoms with Gasteiger partial charge in [0.25, 0.3) is 0 Å². The maximum atomic E-state index is 12.4. The van der Waals surface area contributed by atoms with Gasteiger partial charge in [-0.1, -0.05) is 59.2 Å². The van der Waals surface area contributed by atoms with Crippen molar-refractivity contribution < 1.29 is 9.53 Å². The molecule has 0 atom stereocenters. The molecule has 31 heavy (non-hydrogen) atoms. The Morgan fingerprint density at radius 1 is 1.23 bits per heavy atom. The SMILES string of the molecule is C=CCn1c(COc2c(C)cccc2C)nnc1SCC(=O)Nc1cc(Cl)ccc1Cl. The van der Waals surface area contributed by atoms with Gasteiger partial charge < -0.3 is 10.1 Å². The lowest BCUT2D eigenvalue weighted by Crippen LogP contribution is -2.15. The second-order valence-electron chi connectivity index (χ2n) is 6.77. The summed E-state index contributed by atoms with van der Waals surface area (Å²) in [5, 5.41) is 12.7. The van der Waals surface area contributed by atoms with Gasteiger partial charge in [0, 0.05) is 11.6 Å². The Hall–Kier alpha value is -2.48. The zero-order valence-electron chi connectivity index (χ0n) is 17.2. The first-order chi connectivity index (χ1) is 14.9. The number of nitrogens with one attached hydrogen (secondary N) is 1. The molecule has 1 heterocycles. The summed E-state index contributed by atoms with van der Waals surface area (Å²) in [4.78, 5) is 12.4. The molecule has 0 aliphatic carbocycles. The average molecular weight is 477 g/mol. The third-order valence-corrected chi connectivity index (χ3v) is 5.93. The highest BCUT2D eigenvalue weighted by molar-refractivity contribution is 7.99. The average Bonchev–Trinajstić information content (AvgIpc) is 3.11. The Morgan fingerprint density at radius 3 is 2.68 bits per heavy atom. The van der Waals surface area contributed by atoms with Crippen LogP contribution in [0.15, 0.2) is 54.2 Å². The van der Waals surface area contributed by atoms with Gasteiger partial charge in [-0.05, 0) is 43.2 Å². The Kier molecular flexibility index (Phi) is 8.01. The molecule has 0 aliphatic rings. The van der Waals surface area contributed by atoms with Crippen LogP contribution in [0.25, 0.3) is 0 Å². The first-order valence-electron chi connectivity index (χ1n) is 9.48. The number of benzene rings is 2. The zero-order chi connectivity index (χ0) is 22.4. The summed E-state index contributed by atoms with van der Waals surface area (Å²) in [6.45, 7) is 8.57. The lowest BCUT2D eigenvalue weighted by molar-refractivity contribution is -0.113. The minimum absolute atomic E-state index is 0.135. The smallest absolute Gasteiger partial charge is 0.234 e. The van der Waals surface area contributed by atoms with E-state index >= 15 is 0 Å². The summed E-state index contributed by atoms with van der Waals surface area (Å²) in [6.07, 6.45) is 1.75. The molecule has 0 spiro atoms. The topological polar surface area (TPSA) is 69.0 Å². The number of hydrogen-bond acceptors (Lipinski definition) is 5. The van der Waals surface area contributed by atoms with Crippen LogP contribution in [0, 0.1) is 13.8 Å². The highest BCUT2D eigenvalue weighted by atomic mass is 35.5. The number of anilines is 1. The van der Waals surface area contributed by atoms with Gasteiger partial charge in [0.1, 0.15) is 12.4 Å². The van der Waals surface area contributed by atoms with Crippen LogP contribution in [0.3, 0.4) is 0 Å². The molecule has 6 nitrogen and oxygen atoms in total. The van der Waals surface area contributed by atoms with Crippen LogP contribution in [-0.4, -0.2) is 26.4 Å². The van der Waals surface area contributed by atoms with Crippen LogP contribution >= 0.6 is 35.0 Å². The first-order valence-corrected chi connectivity index (χ1v) is 11.2. The van der Waals surface area contributed by atoms with Crippen LogP contribution in [0.5, 0.6) is 5.75 Å². The number of para-hydroxylation sites is 1. The minimum atomic E-state index is -0.226. The van der Waals surface area contributed by atoms with E-state index in [0.717, 1.165) is 16.9 Å². The van der Waals surface area contributed by atoms with Gasteiger partial charge in [0.05, 0.1) is 16.5 Å². The van der Waals surface area contributed by atoms with Gasteiger partial charge in [0.15, 0.2) is 11.0 Å². The van der Waals surface area contributed by atoms with Crippen molar-refractivity contribution in [3.8, 4) is 5.75 Å². The summed E-state index contributed by atoms with van der Waals surface area (Å²) in [7, 11) is 0. The number of allylic oxidation sites excluding steroid dienone is 1. The van der Waals surface area contributed by atoms with E-state index in [4.69, 9.17) is 27.9 Å². The van der Waals surface area contributed by atoms with Crippen LogP contribution in [0.4, 0.5) is 5.69 Å². The number of carbonyl (C=O) groups is 1. The van der Waals surface area contributed by atoms with Crippen LogP contribution in [-0.2, 0) is 17.9 Å². The molecule has 9 heteroatoms.